The molecule has 4 nitrogen and oxygen atoms in total. The van der Waals surface area contributed by atoms with Gasteiger partial charge in [0.25, 0.3) is 0 Å². The van der Waals surface area contributed by atoms with Crippen molar-refractivity contribution in [3.8, 4) is 0 Å². The van der Waals surface area contributed by atoms with Crippen molar-refractivity contribution in [3.05, 3.63) is 23.8 Å². The van der Waals surface area contributed by atoms with Gasteiger partial charge in [0.2, 0.25) is 0 Å². The van der Waals surface area contributed by atoms with Crippen LogP contribution in [-0.2, 0) is 4.74 Å². The number of fused-ring (bicyclic) bond motifs is 2. The van der Waals surface area contributed by atoms with Crippen LogP contribution in [0.3, 0.4) is 0 Å². The normalized spacial score (nSPS) is 30.1. The fourth-order valence-electron chi connectivity index (χ4n) is 4.37. The second kappa shape index (κ2) is 7.30. The van der Waals surface area contributed by atoms with Crippen LogP contribution in [0.15, 0.2) is 23.8 Å². The highest BCUT2D eigenvalue weighted by Gasteiger charge is 2.40. The molecule has 1 aliphatic carbocycles. The Morgan fingerprint density at radius 1 is 1.29 bits per heavy atom. The molecule has 1 amide bonds. The molecule has 134 valence electrons. The molecule has 2 unspecified atom stereocenters. The van der Waals surface area contributed by atoms with Gasteiger partial charge in [0.1, 0.15) is 5.60 Å². The summed E-state index contributed by atoms with van der Waals surface area (Å²) in [7, 11) is 0. The molecule has 3 rings (SSSR count). The molecule has 2 aliphatic heterocycles. The lowest BCUT2D eigenvalue weighted by molar-refractivity contribution is 0.0494. The van der Waals surface area contributed by atoms with Crippen molar-refractivity contribution in [1.29, 1.82) is 0 Å². The zero-order valence-corrected chi connectivity index (χ0v) is 15.4. The summed E-state index contributed by atoms with van der Waals surface area (Å²) < 4.78 is 5.35. The molecule has 2 atom stereocenters. The SMILES string of the molecule is CC(C)(C)OC(=O)NCC1CC2CCC(C1)N2CC1=CC=CCC1. The number of nitrogens with zero attached hydrogens (tertiary/aromatic N) is 1. The number of ether oxygens (including phenoxy) is 1. The van der Waals surface area contributed by atoms with E-state index in [2.05, 4.69) is 28.4 Å². The number of rotatable bonds is 4. The summed E-state index contributed by atoms with van der Waals surface area (Å²) in [5, 5.41) is 2.97. The van der Waals surface area contributed by atoms with E-state index < -0.39 is 5.60 Å². The van der Waals surface area contributed by atoms with Crippen molar-refractivity contribution in [1.82, 2.24) is 10.2 Å². The van der Waals surface area contributed by atoms with E-state index in [1.807, 2.05) is 20.8 Å². The summed E-state index contributed by atoms with van der Waals surface area (Å²) in [6, 6.07) is 1.39. The smallest absolute Gasteiger partial charge is 0.407 e. The zero-order chi connectivity index (χ0) is 17.2. The second-order valence-electron chi connectivity index (χ2n) is 8.57. The van der Waals surface area contributed by atoms with Crippen LogP contribution in [0.5, 0.6) is 0 Å². The Bertz CT molecular complexity index is 504. The van der Waals surface area contributed by atoms with Crippen molar-refractivity contribution < 1.29 is 9.53 Å². The predicted molar refractivity (Wildman–Crippen MR) is 96.9 cm³/mol. The number of nitrogens with one attached hydrogen (secondary N) is 1. The minimum absolute atomic E-state index is 0.281. The molecule has 0 aromatic carbocycles. The van der Waals surface area contributed by atoms with Gasteiger partial charge in [-0.05, 0) is 65.2 Å². The summed E-state index contributed by atoms with van der Waals surface area (Å²) in [5.74, 6) is 0.589. The molecular formula is C20H32N2O2. The quantitative estimate of drug-likeness (QED) is 0.845. The average Bonchev–Trinajstić information content (AvgIpc) is 2.75. The third-order valence-corrected chi connectivity index (χ3v) is 5.40. The first kappa shape index (κ1) is 17.5. The van der Waals surface area contributed by atoms with E-state index in [9.17, 15) is 4.79 Å². The van der Waals surface area contributed by atoms with E-state index in [-0.39, 0.29) is 6.09 Å². The topological polar surface area (TPSA) is 41.6 Å². The summed E-state index contributed by atoms with van der Waals surface area (Å²) in [5.41, 5.74) is 1.16. The fourth-order valence-corrected chi connectivity index (χ4v) is 4.37. The maximum absolute atomic E-state index is 11.8. The molecule has 0 spiro atoms. The Morgan fingerprint density at radius 3 is 2.58 bits per heavy atom. The summed E-state index contributed by atoms with van der Waals surface area (Å²) in [6.07, 6.45) is 13.9. The molecule has 1 N–H and O–H groups in total. The molecule has 0 aromatic heterocycles. The highest BCUT2D eigenvalue weighted by Crippen LogP contribution is 2.39. The van der Waals surface area contributed by atoms with Crippen LogP contribution in [0.4, 0.5) is 4.79 Å². The Hall–Kier alpha value is -1.29. The summed E-state index contributed by atoms with van der Waals surface area (Å²) >= 11 is 0. The molecule has 3 aliphatic rings. The van der Waals surface area contributed by atoms with Crippen LogP contribution in [0.2, 0.25) is 0 Å². The molecule has 0 radical (unpaired) electrons. The lowest BCUT2D eigenvalue weighted by Gasteiger charge is -2.39. The van der Waals surface area contributed by atoms with E-state index in [0.717, 1.165) is 13.1 Å². The van der Waals surface area contributed by atoms with E-state index in [0.29, 0.717) is 18.0 Å². The van der Waals surface area contributed by atoms with Crippen LogP contribution in [0.25, 0.3) is 0 Å². The first-order valence-corrected chi connectivity index (χ1v) is 9.48. The van der Waals surface area contributed by atoms with E-state index in [1.54, 1.807) is 5.57 Å². The largest absolute Gasteiger partial charge is 0.444 e. The molecular weight excluding hydrogens is 300 g/mol. The molecule has 2 bridgehead atoms. The molecule has 2 saturated heterocycles. The number of hydrogen-bond acceptors (Lipinski definition) is 3. The third kappa shape index (κ3) is 4.62. The highest BCUT2D eigenvalue weighted by atomic mass is 16.6. The lowest BCUT2D eigenvalue weighted by Crippen LogP contribution is -2.46. The van der Waals surface area contributed by atoms with Gasteiger partial charge < -0.3 is 10.1 Å². The summed E-state index contributed by atoms with van der Waals surface area (Å²) in [4.78, 5) is 14.6. The Balaban J connectivity index is 1.47. The molecule has 24 heavy (non-hydrogen) atoms. The monoisotopic (exact) mass is 332 g/mol. The lowest BCUT2D eigenvalue weighted by atomic mass is 9.89. The molecule has 0 saturated carbocycles. The maximum atomic E-state index is 11.8. The maximum Gasteiger partial charge on any atom is 0.407 e. The Kier molecular flexibility index (Phi) is 5.33. The van der Waals surface area contributed by atoms with Crippen LogP contribution >= 0.6 is 0 Å². The van der Waals surface area contributed by atoms with Gasteiger partial charge in [-0.25, -0.2) is 4.79 Å². The number of amides is 1. The van der Waals surface area contributed by atoms with Gasteiger partial charge in [0.15, 0.2) is 0 Å². The molecule has 4 heteroatoms. The van der Waals surface area contributed by atoms with Crippen molar-refractivity contribution >= 4 is 6.09 Å². The van der Waals surface area contributed by atoms with Crippen molar-refractivity contribution in [2.75, 3.05) is 13.1 Å². The van der Waals surface area contributed by atoms with Gasteiger partial charge >= 0.3 is 6.09 Å². The first-order valence-electron chi connectivity index (χ1n) is 9.48. The first-order chi connectivity index (χ1) is 11.4. The number of hydrogen-bond donors (Lipinski definition) is 1. The van der Waals surface area contributed by atoms with Crippen molar-refractivity contribution in [2.45, 2.75) is 77.0 Å². The van der Waals surface area contributed by atoms with Gasteiger partial charge in [0.05, 0.1) is 0 Å². The number of alkyl carbamates (subject to hydrolysis) is 1. The second-order valence-corrected chi connectivity index (χ2v) is 8.57. The molecule has 2 heterocycles. The number of carbonyl (C=O) groups excluding carboxylic acids is 1. The average molecular weight is 332 g/mol. The van der Waals surface area contributed by atoms with Gasteiger partial charge in [-0.2, -0.15) is 0 Å². The minimum Gasteiger partial charge on any atom is -0.444 e. The van der Waals surface area contributed by atoms with Gasteiger partial charge in [-0.15, -0.1) is 0 Å². The predicted octanol–water partition coefficient (Wildman–Crippen LogP) is 4.03. The van der Waals surface area contributed by atoms with Crippen LogP contribution in [0, 0.1) is 5.92 Å². The van der Waals surface area contributed by atoms with Gasteiger partial charge in [0, 0.05) is 25.2 Å². The Labute approximate surface area is 146 Å². The van der Waals surface area contributed by atoms with E-state index in [4.69, 9.17) is 4.74 Å². The van der Waals surface area contributed by atoms with E-state index >= 15 is 0 Å². The number of piperidine rings is 1. The molecule has 2 fully saturated rings. The highest BCUT2D eigenvalue weighted by molar-refractivity contribution is 5.67. The standard InChI is InChI=1S/C20H32N2O2/c1-20(2,3)24-19(23)21-13-16-11-17-9-10-18(12-16)22(17)14-15-7-5-4-6-8-15/h4-5,7,16-18H,6,8-14H2,1-3H3,(H,21,23). The fraction of sp³-hybridized carbons (Fsp3) is 0.750. The number of carbonyl (C=O) groups is 1. The Morgan fingerprint density at radius 2 is 2.00 bits per heavy atom. The number of allylic oxidation sites excluding steroid dienone is 3. The van der Waals surface area contributed by atoms with Gasteiger partial charge in [-0.3, -0.25) is 4.90 Å². The molecule has 0 aromatic rings. The van der Waals surface area contributed by atoms with Crippen molar-refractivity contribution in [3.63, 3.8) is 0 Å². The van der Waals surface area contributed by atoms with Crippen LogP contribution < -0.4 is 5.32 Å². The van der Waals surface area contributed by atoms with Crippen molar-refractivity contribution in [2.24, 2.45) is 5.92 Å². The zero-order valence-electron chi connectivity index (χ0n) is 15.4. The minimum atomic E-state index is -0.422. The van der Waals surface area contributed by atoms with Crippen LogP contribution in [-0.4, -0.2) is 41.8 Å². The van der Waals surface area contributed by atoms with Gasteiger partial charge in [-0.1, -0.05) is 23.8 Å². The van der Waals surface area contributed by atoms with E-state index in [1.165, 1.54) is 38.5 Å². The van der Waals surface area contributed by atoms with Crippen LogP contribution in [0.1, 0.15) is 59.3 Å². The third-order valence-electron chi connectivity index (χ3n) is 5.40. The summed E-state index contributed by atoms with van der Waals surface area (Å²) in [6.45, 7) is 7.61.